The molecule has 0 saturated heterocycles. The van der Waals surface area contributed by atoms with Crippen molar-refractivity contribution < 1.29 is 9.59 Å². The lowest BCUT2D eigenvalue weighted by Crippen LogP contribution is -2.41. The van der Waals surface area contributed by atoms with Gasteiger partial charge in [-0.1, -0.05) is 13.8 Å². The Morgan fingerprint density at radius 2 is 1.96 bits per heavy atom. The standard InChI is InChI=1S/C17H25N3O2.ClH/c1-4-17(5-2,11-18)16(22)19-14-6-7-15-13(10-14)8-9-20(15)12(3)21;/h6-7,10H,4-5,8-9,11,18H2,1-3H3,(H,19,22);1H. The van der Waals surface area contributed by atoms with Gasteiger partial charge in [-0.3, -0.25) is 9.59 Å². The Labute approximate surface area is 144 Å². The van der Waals surface area contributed by atoms with Gasteiger partial charge in [0.05, 0.1) is 5.41 Å². The molecule has 1 aromatic carbocycles. The van der Waals surface area contributed by atoms with Gasteiger partial charge in [0.2, 0.25) is 11.8 Å². The van der Waals surface area contributed by atoms with Gasteiger partial charge < -0.3 is 16.0 Å². The van der Waals surface area contributed by atoms with Gasteiger partial charge in [0.15, 0.2) is 0 Å². The van der Waals surface area contributed by atoms with Crippen molar-refractivity contribution in [2.75, 3.05) is 23.3 Å². The van der Waals surface area contributed by atoms with Crippen LogP contribution in [0.1, 0.15) is 39.2 Å². The number of rotatable bonds is 5. The number of fused-ring (bicyclic) bond motifs is 1. The van der Waals surface area contributed by atoms with Crippen LogP contribution < -0.4 is 16.0 Å². The number of halogens is 1. The molecule has 0 bridgehead atoms. The van der Waals surface area contributed by atoms with Crippen LogP contribution >= 0.6 is 12.4 Å². The summed E-state index contributed by atoms with van der Waals surface area (Å²) in [6, 6.07) is 5.72. The first-order valence-electron chi connectivity index (χ1n) is 7.90. The minimum absolute atomic E-state index is 0. The summed E-state index contributed by atoms with van der Waals surface area (Å²) in [6.45, 7) is 6.60. The molecule has 0 aliphatic carbocycles. The first-order chi connectivity index (χ1) is 10.5. The van der Waals surface area contributed by atoms with Crippen LogP contribution in [0.25, 0.3) is 0 Å². The van der Waals surface area contributed by atoms with Crippen molar-refractivity contribution in [3.05, 3.63) is 23.8 Å². The van der Waals surface area contributed by atoms with Crippen LogP contribution in [-0.2, 0) is 16.0 Å². The average molecular weight is 340 g/mol. The maximum Gasteiger partial charge on any atom is 0.231 e. The molecule has 128 valence electrons. The number of nitrogens with one attached hydrogen (secondary N) is 1. The van der Waals surface area contributed by atoms with E-state index < -0.39 is 5.41 Å². The molecule has 5 nitrogen and oxygen atoms in total. The number of anilines is 2. The first-order valence-corrected chi connectivity index (χ1v) is 7.90. The fourth-order valence-electron chi connectivity index (χ4n) is 3.02. The van der Waals surface area contributed by atoms with Crippen LogP contribution in [0.4, 0.5) is 11.4 Å². The molecular weight excluding hydrogens is 314 g/mol. The molecule has 2 amide bonds. The second-order valence-electron chi connectivity index (χ2n) is 5.91. The van der Waals surface area contributed by atoms with Crippen molar-refractivity contribution in [2.24, 2.45) is 11.1 Å². The van der Waals surface area contributed by atoms with E-state index >= 15 is 0 Å². The molecule has 1 aliphatic rings. The Morgan fingerprint density at radius 1 is 1.30 bits per heavy atom. The van der Waals surface area contributed by atoms with E-state index in [9.17, 15) is 9.59 Å². The van der Waals surface area contributed by atoms with Crippen molar-refractivity contribution in [3.8, 4) is 0 Å². The lowest BCUT2D eigenvalue weighted by atomic mass is 9.81. The summed E-state index contributed by atoms with van der Waals surface area (Å²) in [7, 11) is 0. The van der Waals surface area contributed by atoms with Crippen LogP contribution in [-0.4, -0.2) is 24.9 Å². The number of nitrogens with two attached hydrogens (primary N) is 1. The molecule has 0 fully saturated rings. The van der Waals surface area contributed by atoms with Crippen molar-refractivity contribution in [3.63, 3.8) is 0 Å². The SMILES string of the molecule is CCC(CC)(CN)C(=O)Nc1ccc2c(c1)CCN2C(C)=O.Cl. The third-order valence-corrected chi connectivity index (χ3v) is 4.84. The maximum atomic E-state index is 12.5. The molecule has 23 heavy (non-hydrogen) atoms. The normalized spacial score (nSPS) is 13.3. The predicted molar refractivity (Wildman–Crippen MR) is 96.1 cm³/mol. The maximum absolute atomic E-state index is 12.5. The number of amides is 2. The van der Waals surface area contributed by atoms with Gasteiger partial charge in [0.1, 0.15) is 0 Å². The lowest BCUT2D eigenvalue weighted by molar-refractivity contribution is -0.125. The molecule has 1 aliphatic heterocycles. The van der Waals surface area contributed by atoms with Crippen LogP contribution in [0.5, 0.6) is 0 Å². The summed E-state index contributed by atoms with van der Waals surface area (Å²) in [5.74, 6) is 0.0241. The summed E-state index contributed by atoms with van der Waals surface area (Å²) in [4.78, 5) is 25.9. The Hall–Kier alpha value is -1.59. The smallest absolute Gasteiger partial charge is 0.231 e. The monoisotopic (exact) mass is 339 g/mol. The molecule has 2 rings (SSSR count). The predicted octanol–water partition coefficient (Wildman–Crippen LogP) is 2.72. The van der Waals surface area contributed by atoms with E-state index in [4.69, 9.17) is 5.73 Å². The highest BCUT2D eigenvalue weighted by atomic mass is 35.5. The van der Waals surface area contributed by atoms with E-state index in [-0.39, 0.29) is 24.2 Å². The summed E-state index contributed by atoms with van der Waals surface area (Å²) >= 11 is 0. The molecule has 0 saturated carbocycles. The van der Waals surface area contributed by atoms with Crippen LogP contribution in [0.2, 0.25) is 0 Å². The van der Waals surface area contributed by atoms with E-state index in [0.717, 1.165) is 36.2 Å². The lowest BCUT2D eigenvalue weighted by Gasteiger charge is -2.28. The molecule has 0 radical (unpaired) electrons. The summed E-state index contributed by atoms with van der Waals surface area (Å²) < 4.78 is 0. The fraction of sp³-hybridized carbons (Fsp3) is 0.529. The van der Waals surface area contributed by atoms with Crippen molar-refractivity contribution >= 4 is 35.6 Å². The quantitative estimate of drug-likeness (QED) is 0.866. The minimum atomic E-state index is -0.509. The summed E-state index contributed by atoms with van der Waals surface area (Å²) in [6.07, 6.45) is 2.26. The van der Waals surface area contributed by atoms with Crippen LogP contribution in [0.15, 0.2) is 18.2 Å². The molecule has 0 spiro atoms. The van der Waals surface area contributed by atoms with Gasteiger partial charge in [0.25, 0.3) is 0 Å². The molecule has 3 N–H and O–H groups in total. The molecule has 1 heterocycles. The highest BCUT2D eigenvalue weighted by molar-refractivity contribution is 5.97. The zero-order valence-corrected chi connectivity index (χ0v) is 14.8. The topological polar surface area (TPSA) is 75.4 Å². The second kappa shape index (κ2) is 7.79. The van der Waals surface area contributed by atoms with Gasteiger partial charge >= 0.3 is 0 Å². The molecule has 6 heteroatoms. The molecular formula is C17H26ClN3O2. The molecule has 0 unspecified atom stereocenters. The van der Waals surface area contributed by atoms with Crippen molar-refractivity contribution in [1.29, 1.82) is 0 Å². The van der Waals surface area contributed by atoms with Crippen molar-refractivity contribution in [2.45, 2.75) is 40.0 Å². The zero-order valence-electron chi connectivity index (χ0n) is 14.0. The van der Waals surface area contributed by atoms with E-state index in [1.54, 1.807) is 11.8 Å². The number of hydrogen-bond acceptors (Lipinski definition) is 3. The zero-order chi connectivity index (χ0) is 16.3. The Bertz CT molecular complexity index is 577. The Balaban J connectivity index is 0.00000264. The summed E-state index contributed by atoms with van der Waals surface area (Å²) in [5, 5.41) is 2.99. The number of carbonyl (C=O) groups excluding carboxylic acids is 2. The van der Waals surface area contributed by atoms with E-state index in [1.807, 2.05) is 32.0 Å². The van der Waals surface area contributed by atoms with Gasteiger partial charge in [0, 0.05) is 31.4 Å². The van der Waals surface area contributed by atoms with Crippen molar-refractivity contribution in [1.82, 2.24) is 0 Å². The molecule has 1 aromatic rings. The number of nitrogens with zero attached hydrogens (tertiary/aromatic N) is 1. The Kier molecular flexibility index (Phi) is 6.59. The number of hydrogen-bond donors (Lipinski definition) is 2. The van der Waals surface area contributed by atoms with Gasteiger partial charge in [-0.15, -0.1) is 12.4 Å². The minimum Gasteiger partial charge on any atom is -0.329 e. The third kappa shape index (κ3) is 3.67. The fourth-order valence-corrected chi connectivity index (χ4v) is 3.02. The summed E-state index contributed by atoms with van der Waals surface area (Å²) in [5.41, 5.74) is 8.13. The van der Waals surface area contributed by atoms with Gasteiger partial charge in [-0.2, -0.15) is 0 Å². The molecule has 0 aromatic heterocycles. The second-order valence-corrected chi connectivity index (χ2v) is 5.91. The first kappa shape index (κ1) is 19.5. The number of benzene rings is 1. The Morgan fingerprint density at radius 3 is 2.48 bits per heavy atom. The number of carbonyl (C=O) groups is 2. The molecule has 0 atom stereocenters. The van der Waals surface area contributed by atoms with Gasteiger partial charge in [-0.05, 0) is 43.0 Å². The largest absolute Gasteiger partial charge is 0.329 e. The van der Waals surface area contributed by atoms with Crippen LogP contribution in [0.3, 0.4) is 0 Å². The van der Waals surface area contributed by atoms with E-state index in [1.165, 1.54) is 0 Å². The van der Waals surface area contributed by atoms with Crippen LogP contribution in [0, 0.1) is 5.41 Å². The van der Waals surface area contributed by atoms with E-state index in [0.29, 0.717) is 13.1 Å². The van der Waals surface area contributed by atoms with Gasteiger partial charge in [-0.25, -0.2) is 0 Å². The third-order valence-electron chi connectivity index (χ3n) is 4.84. The highest BCUT2D eigenvalue weighted by Crippen LogP contribution is 2.32. The highest BCUT2D eigenvalue weighted by Gasteiger charge is 2.33. The van der Waals surface area contributed by atoms with E-state index in [2.05, 4.69) is 5.32 Å². The average Bonchev–Trinajstić information content (AvgIpc) is 2.93.